The van der Waals surface area contributed by atoms with Crippen molar-refractivity contribution >= 4 is 38.6 Å². The van der Waals surface area contributed by atoms with Gasteiger partial charge < -0.3 is 0 Å². The first-order valence-electron chi connectivity index (χ1n) is 4.54. The fraction of sp³-hybridized carbons (Fsp3) is 0.875. The molecule has 0 spiro atoms. The van der Waals surface area contributed by atoms with Crippen LogP contribution in [0.2, 0.25) is 0 Å². The minimum atomic E-state index is -4.61. The quantitative estimate of drug-likeness (QED) is 0.440. The topological polar surface area (TPSA) is 80.7 Å². The zero-order valence-corrected chi connectivity index (χ0v) is 11.9. The molecule has 0 aliphatic carbocycles. The van der Waals surface area contributed by atoms with Gasteiger partial charge in [-0.2, -0.15) is 8.42 Å². The van der Waals surface area contributed by atoms with Gasteiger partial charge >= 0.3 is 10.4 Å². The number of thiol groups is 1. The summed E-state index contributed by atoms with van der Waals surface area (Å²) in [7, 11) is -3.44. The Balaban J connectivity index is 4.74. The standard InChI is InChI=1S/C8H16O5S3/c1-8(2,3)7(9)6(4-5-15-14)13-16(10,11)12/h6,14H,4-5H2,1-3H3,(H,10,11,12). The molecule has 8 heteroatoms. The molecule has 0 amide bonds. The van der Waals surface area contributed by atoms with E-state index in [1.54, 1.807) is 20.8 Å². The van der Waals surface area contributed by atoms with Crippen molar-refractivity contribution in [3.05, 3.63) is 0 Å². The summed E-state index contributed by atoms with van der Waals surface area (Å²) in [6, 6.07) is 0. The number of Topliss-reactive ketones (excluding diaryl/α,β-unsaturated/α-hetero) is 1. The van der Waals surface area contributed by atoms with E-state index >= 15 is 0 Å². The average Bonchev–Trinajstić information content (AvgIpc) is 2.07. The largest absolute Gasteiger partial charge is 0.398 e. The van der Waals surface area contributed by atoms with E-state index in [9.17, 15) is 13.2 Å². The van der Waals surface area contributed by atoms with Crippen LogP contribution in [0.5, 0.6) is 0 Å². The van der Waals surface area contributed by atoms with Crippen molar-refractivity contribution < 1.29 is 21.9 Å². The van der Waals surface area contributed by atoms with Crippen molar-refractivity contribution in [2.24, 2.45) is 5.41 Å². The Hall–Kier alpha value is 0.240. The van der Waals surface area contributed by atoms with Crippen LogP contribution in [0.15, 0.2) is 0 Å². The number of rotatable bonds is 6. The number of carbonyl (C=O) groups is 1. The van der Waals surface area contributed by atoms with E-state index in [4.69, 9.17) is 4.55 Å². The fourth-order valence-corrected chi connectivity index (χ4v) is 2.13. The van der Waals surface area contributed by atoms with Gasteiger partial charge in [0.1, 0.15) is 6.10 Å². The molecular formula is C8H16O5S3. The average molecular weight is 288 g/mol. The van der Waals surface area contributed by atoms with Gasteiger partial charge in [0.2, 0.25) is 0 Å². The molecule has 0 saturated carbocycles. The Morgan fingerprint density at radius 3 is 2.31 bits per heavy atom. The minimum absolute atomic E-state index is 0.185. The van der Waals surface area contributed by atoms with Gasteiger partial charge in [-0.25, -0.2) is 4.18 Å². The molecule has 0 aromatic heterocycles. The molecule has 0 bridgehead atoms. The molecular weight excluding hydrogens is 272 g/mol. The molecule has 1 N–H and O–H groups in total. The van der Waals surface area contributed by atoms with Crippen LogP contribution in [0.25, 0.3) is 0 Å². The highest BCUT2D eigenvalue weighted by atomic mass is 33.1. The third-order valence-corrected chi connectivity index (χ3v) is 3.18. The second-order valence-electron chi connectivity index (χ2n) is 4.25. The molecule has 0 aromatic carbocycles. The van der Waals surface area contributed by atoms with Crippen LogP contribution in [0.3, 0.4) is 0 Å². The van der Waals surface area contributed by atoms with Crippen molar-refractivity contribution in [3.8, 4) is 0 Å². The van der Waals surface area contributed by atoms with Gasteiger partial charge in [0.15, 0.2) is 5.78 Å². The summed E-state index contributed by atoms with van der Waals surface area (Å²) in [6.45, 7) is 4.97. The number of hydrogen-bond donors (Lipinski definition) is 2. The second-order valence-corrected chi connectivity index (χ2v) is 6.74. The van der Waals surface area contributed by atoms with E-state index in [2.05, 4.69) is 15.8 Å². The van der Waals surface area contributed by atoms with Crippen molar-refractivity contribution in [2.45, 2.75) is 33.3 Å². The lowest BCUT2D eigenvalue weighted by Crippen LogP contribution is -2.36. The van der Waals surface area contributed by atoms with Crippen LogP contribution < -0.4 is 0 Å². The lowest BCUT2D eigenvalue weighted by Gasteiger charge is -2.22. The van der Waals surface area contributed by atoms with Gasteiger partial charge in [-0.05, 0) is 6.42 Å². The number of carbonyl (C=O) groups excluding carboxylic acids is 1. The molecule has 5 nitrogen and oxygen atoms in total. The van der Waals surface area contributed by atoms with Gasteiger partial charge in [0.25, 0.3) is 0 Å². The highest BCUT2D eigenvalue weighted by Crippen LogP contribution is 2.22. The molecule has 0 aliphatic rings. The van der Waals surface area contributed by atoms with Gasteiger partial charge in [-0.15, -0.1) is 11.7 Å². The van der Waals surface area contributed by atoms with E-state index in [-0.39, 0.29) is 12.2 Å². The Bertz CT molecular complexity index is 330. The van der Waals surface area contributed by atoms with Crippen LogP contribution in [0.1, 0.15) is 27.2 Å². The summed E-state index contributed by atoms with van der Waals surface area (Å²) in [5.41, 5.74) is -0.726. The Kier molecular flexibility index (Phi) is 6.34. The van der Waals surface area contributed by atoms with Gasteiger partial charge in [0.05, 0.1) is 0 Å². The molecule has 0 aromatic rings. The van der Waals surface area contributed by atoms with E-state index in [0.717, 1.165) is 0 Å². The molecule has 0 heterocycles. The maximum atomic E-state index is 11.8. The lowest BCUT2D eigenvalue weighted by molar-refractivity contribution is -0.133. The first-order chi connectivity index (χ1) is 7.08. The molecule has 1 unspecified atom stereocenters. The molecule has 0 radical (unpaired) electrons. The lowest BCUT2D eigenvalue weighted by atomic mass is 9.87. The third-order valence-electron chi connectivity index (χ3n) is 1.74. The summed E-state index contributed by atoms with van der Waals surface area (Å²) >= 11 is 3.89. The summed E-state index contributed by atoms with van der Waals surface area (Å²) in [6.07, 6.45) is -0.973. The maximum absolute atomic E-state index is 11.8. The van der Waals surface area contributed by atoms with E-state index in [0.29, 0.717) is 5.75 Å². The maximum Gasteiger partial charge on any atom is 0.398 e. The third kappa shape index (κ3) is 6.74. The predicted octanol–water partition coefficient (Wildman–Crippen LogP) is 1.76. The first kappa shape index (κ1) is 16.2. The highest BCUT2D eigenvalue weighted by Gasteiger charge is 2.32. The van der Waals surface area contributed by atoms with E-state index in [1.807, 2.05) is 0 Å². The molecule has 96 valence electrons. The summed E-state index contributed by atoms with van der Waals surface area (Å²) in [5, 5.41) is 0. The molecule has 1 atom stereocenters. The molecule has 0 saturated heterocycles. The zero-order chi connectivity index (χ0) is 13.0. The Morgan fingerprint density at radius 1 is 1.50 bits per heavy atom. The monoisotopic (exact) mass is 288 g/mol. The van der Waals surface area contributed by atoms with Crippen molar-refractivity contribution in [1.29, 1.82) is 0 Å². The molecule has 0 fully saturated rings. The fourth-order valence-electron chi connectivity index (χ4n) is 1.01. The highest BCUT2D eigenvalue weighted by molar-refractivity contribution is 8.68. The SMILES string of the molecule is CC(C)(C)C(=O)C(CCSS)OS(=O)(=O)O. The summed E-state index contributed by atoms with van der Waals surface area (Å²) in [4.78, 5) is 11.8. The van der Waals surface area contributed by atoms with Crippen LogP contribution >= 0.6 is 22.5 Å². The Morgan fingerprint density at radius 2 is 2.00 bits per heavy atom. The first-order valence-corrected chi connectivity index (χ1v) is 7.94. The minimum Gasteiger partial charge on any atom is -0.296 e. The van der Waals surface area contributed by atoms with Crippen LogP contribution in [0.4, 0.5) is 0 Å². The normalized spacial score (nSPS) is 14.8. The number of ketones is 1. The van der Waals surface area contributed by atoms with Crippen LogP contribution in [-0.4, -0.2) is 30.6 Å². The predicted molar refractivity (Wildman–Crippen MR) is 66.9 cm³/mol. The van der Waals surface area contributed by atoms with E-state index in [1.165, 1.54) is 10.8 Å². The van der Waals surface area contributed by atoms with E-state index < -0.39 is 21.9 Å². The van der Waals surface area contributed by atoms with Crippen LogP contribution in [0, 0.1) is 5.41 Å². The molecule has 0 aliphatic heterocycles. The van der Waals surface area contributed by atoms with Gasteiger partial charge in [-0.1, -0.05) is 31.6 Å². The van der Waals surface area contributed by atoms with Crippen molar-refractivity contribution in [1.82, 2.24) is 0 Å². The number of hydrogen-bond acceptors (Lipinski definition) is 6. The Labute approximate surface area is 105 Å². The van der Waals surface area contributed by atoms with Crippen molar-refractivity contribution in [2.75, 3.05) is 5.75 Å². The van der Waals surface area contributed by atoms with Crippen molar-refractivity contribution in [3.63, 3.8) is 0 Å². The summed E-state index contributed by atoms with van der Waals surface area (Å²) in [5.74, 6) is 0.0815. The van der Waals surface area contributed by atoms with Gasteiger partial charge in [-0.3, -0.25) is 9.35 Å². The molecule has 0 rings (SSSR count). The summed E-state index contributed by atoms with van der Waals surface area (Å²) < 4.78 is 34.1. The van der Waals surface area contributed by atoms with Gasteiger partial charge in [0, 0.05) is 11.2 Å². The molecule has 16 heavy (non-hydrogen) atoms. The smallest absolute Gasteiger partial charge is 0.296 e. The van der Waals surface area contributed by atoms with Crippen LogP contribution in [-0.2, 0) is 19.4 Å². The second kappa shape index (κ2) is 6.25. The zero-order valence-electron chi connectivity index (χ0n) is 9.34.